The third-order valence-electron chi connectivity index (χ3n) is 9.04. The molecule has 0 fully saturated rings. The molecule has 0 heterocycles. The monoisotopic (exact) mass is 522 g/mol. The first-order valence-electron chi connectivity index (χ1n) is 18.0. The Labute approximate surface area is 237 Å². The SMILES string of the molecule is CCCCCCCCCCCC(N)C(CCCCCCCCC)C(CCCCCC)CCCCCCC. The van der Waals surface area contributed by atoms with E-state index in [4.69, 9.17) is 5.73 Å². The van der Waals surface area contributed by atoms with Crippen LogP contribution in [0.4, 0.5) is 0 Å². The molecular weight excluding hydrogens is 446 g/mol. The van der Waals surface area contributed by atoms with Crippen LogP contribution in [0, 0.1) is 11.8 Å². The van der Waals surface area contributed by atoms with Gasteiger partial charge in [-0.05, 0) is 24.7 Å². The second-order valence-corrected chi connectivity index (χ2v) is 12.7. The van der Waals surface area contributed by atoms with Gasteiger partial charge in [0.05, 0.1) is 0 Å². The molecule has 3 atom stereocenters. The van der Waals surface area contributed by atoms with Crippen molar-refractivity contribution in [2.75, 3.05) is 0 Å². The molecule has 0 amide bonds. The van der Waals surface area contributed by atoms with Gasteiger partial charge >= 0.3 is 0 Å². The molecule has 0 aromatic heterocycles. The van der Waals surface area contributed by atoms with E-state index in [0.717, 1.165) is 11.8 Å². The Morgan fingerprint density at radius 2 is 0.595 bits per heavy atom. The fourth-order valence-corrected chi connectivity index (χ4v) is 6.46. The van der Waals surface area contributed by atoms with Gasteiger partial charge in [-0.15, -0.1) is 0 Å². The predicted octanol–water partition coefficient (Wildman–Crippen LogP) is 12.9. The van der Waals surface area contributed by atoms with Crippen molar-refractivity contribution in [1.82, 2.24) is 0 Å². The fourth-order valence-electron chi connectivity index (χ4n) is 6.46. The minimum Gasteiger partial charge on any atom is -0.327 e. The van der Waals surface area contributed by atoms with Crippen molar-refractivity contribution < 1.29 is 0 Å². The van der Waals surface area contributed by atoms with Crippen LogP contribution in [-0.4, -0.2) is 6.04 Å². The molecule has 0 bridgehead atoms. The summed E-state index contributed by atoms with van der Waals surface area (Å²) in [5.74, 6) is 1.66. The van der Waals surface area contributed by atoms with Gasteiger partial charge in [0.25, 0.3) is 0 Å². The zero-order valence-corrected chi connectivity index (χ0v) is 26.8. The first-order valence-corrected chi connectivity index (χ1v) is 18.0. The van der Waals surface area contributed by atoms with Crippen LogP contribution in [0.1, 0.15) is 214 Å². The molecule has 37 heavy (non-hydrogen) atoms. The summed E-state index contributed by atoms with van der Waals surface area (Å²) in [4.78, 5) is 0. The standard InChI is InChI=1S/C36H75N/c1-5-9-13-17-19-20-22-25-29-33-36(37)35(32-28-24-21-18-14-10-6-2)34(30-26-16-12-8-4)31-27-23-15-11-7-3/h34-36H,5-33,37H2,1-4H3. The van der Waals surface area contributed by atoms with Crippen molar-refractivity contribution in [2.24, 2.45) is 17.6 Å². The lowest BCUT2D eigenvalue weighted by atomic mass is 9.75. The minimum atomic E-state index is 0.441. The first-order chi connectivity index (χ1) is 18.2. The Balaban J connectivity index is 4.73. The van der Waals surface area contributed by atoms with Crippen LogP contribution >= 0.6 is 0 Å². The van der Waals surface area contributed by atoms with E-state index in [1.807, 2.05) is 0 Å². The maximum Gasteiger partial charge on any atom is 0.00698 e. The third-order valence-corrected chi connectivity index (χ3v) is 9.04. The maximum absolute atomic E-state index is 7.08. The van der Waals surface area contributed by atoms with Crippen LogP contribution in [0.5, 0.6) is 0 Å². The van der Waals surface area contributed by atoms with Gasteiger partial charge in [-0.2, -0.15) is 0 Å². The van der Waals surface area contributed by atoms with Gasteiger partial charge in [0.15, 0.2) is 0 Å². The van der Waals surface area contributed by atoms with Crippen molar-refractivity contribution in [3.8, 4) is 0 Å². The summed E-state index contributed by atoms with van der Waals surface area (Å²) < 4.78 is 0. The summed E-state index contributed by atoms with van der Waals surface area (Å²) in [5.41, 5.74) is 7.08. The third kappa shape index (κ3) is 24.7. The van der Waals surface area contributed by atoms with Gasteiger partial charge in [-0.3, -0.25) is 0 Å². The lowest BCUT2D eigenvalue weighted by Gasteiger charge is -2.33. The molecule has 2 N–H and O–H groups in total. The quantitative estimate of drug-likeness (QED) is 0.0901. The average Bonchev–Trinajstić information content (AvgIpc) is 2.90. The van der Waals surface area contributed by atoms with E-state index in [0.29, 0.717) is 6.04 Å². The molecule has 1 nitrogen and oxygen atoms in total. The van der Waals surface area contributed by atoms with Crippen LogP contribution in [-0.2, 0) is 0 Å². The molecule has 3 unspecified atom stereocenters. The fraction of sp³-hybridized carbons (Fsp3) is 1.00. The number of nitrogens with two attached hydrogens (primary N) is 1. The number of unbranched alkanes of at least 4 members (excludes halogenated alkanes) is 21. The van der Waals surface area contributed by atoms with Gasteiger partial charge < -0.3 is 5.73 Å². The minimum absolute atomic E-state index is 0.441. The highest BCUT2D eigenvalue weighted by molar-refractivity contribution is 4.80. The molecular formula is C36H75N. The van der Waals surface area contributed by atoms with Crippen LogP contribution in [0.3, 0.4) is 0 Å². The van der Waals surface area contributed by atoms with Crippen molar-refractivity contribution in [3.63, 3.8) is 0 Å². The second-order valence-electron chi connectivity index (χ2n) is 12.7. The van der Waals surface area contributed by atoms with Gasteiger partial charge in [-0.25, -0.2) is 0 Å². The van der Waals surface area contributed by atoms with E-state index in [1.165, 1.54) is 186 Å². The zero-order valence-electron chi connectivity index (χ0n) is 26.8. The van der Waals surface area contributed by atoms with Crippen LogP contribution in [0.2, 0.25) is 0 Å². The Morgan fingerprint density at radius 3 is 0.973 bits per heavy atom. The summed E-state index contributed by atoms with van der Waals surface area (Å²) >= 11 is 0. The molecule has 0 aliphatic carbocycles. The van der Waals surface area contributed by atoms with Crippen LogP contribution in [0.25, 0.3) is 0 Å². The molecule has 0 aromatic rings. The van der Waals surface area contributed by atoms with Crippen LogP contribution < -0.4 is 5.73 Å². The van der Waals surface area contributed by atoms with E-state index in [-0.39, 0.29) is 0 Å². The summed E-state index contributed by atoms with van der Waals surface area (Å²) in [6, 6.07) is 0.441. The van der Waals surface area contributed by atoms with E-state index < -0.39 is 0 Å². The van der Waals surface area contributed by atoms with Gasteiger partial charge in [0.2, 0.25) is 0 Å². The summed E-state index contributed by atoms with van der Waals surface area (Å²) in [7, 11) is 0. The largest absolute Gasteiger partial charge is 0.327 e. The first kappa shape index (κ1) is 37.0. The summed E-state index contributed by atoms with van der Waals surface area (Å²) in [6.07, 6.45) is 41.0. The summed E-state index contributed by atoms with van der Waals surface area (Å²) in [5, 5.41) is 0. The molecule has 0 saturated carbocycles. The lowest BCUT2D eigenvalue weighted by molar-refractivity contribution is 0.210. The molecule has 0 aliphatic heterocycles. The van der Waals surface area contributed by atoms with Crippen LogP contribution in [0.15, 0.2) is 0 Å². The van der Waals surface area contributed by atoms with Crippen molar-refractivity contribution in [1.29, 1.82) is 0 Å². The summed E-state index contributed by atoms with van der Waals surface area (Å²) in [6.45, 7) is 9.31. The molecule has 0 radical (unpaired) electrons. The zero-order chi connectivity index (χ0) is 27.2. The predicted molar refractivity (Wildman–Crippen MR) is 172 cm³/mol. The highest BCUT2D eigenvalue weighted by Crippen LogP contribution is 2.33. The van der Waals surface area contributed by atoms with E-state index in [2.05, 4.69) is 27.7 Å². The highest BCUT2D eigenvalue weighted by Gasteiger charge is 2.26. The molecule has 0 spiro atoms. The van der Waals surface area contributed by atoms with Crippen molar-refractivity contribution in [3.05, 3.63) is 0 Å². The van der Waals surface area contributed by atoms with Gasteiger partial charge in [0, 0.05) is 6.04 Å². The second kappa shape index (κ2) is 30.5. The van der Waals surface area contributed by atoms with Crippen molar-refractivity contribution in [2.45, 2.75) is 220 Å². The molecule has 0 aromatic carbocycles. The Hall–Kier alpha value is -0.0400. The molecule has 1 heteroatoms. The maximum atomic E-state index is 7.08. The van der Waals surface area contributed by atoms with Crippen molar-refractivity contribution >= 4 is 0 Å². The topological polar surface area (TPSA) is 26.0 Å². The van der Waals surface area contributed by atoms with E-state index >= 15 is 0 Å². The highest BCUT2D eigenvalue weighted by atomic mass is 14.7. The smallest absolute Gasteiger partial charge is 0.00698 e. The molecule has 224 valence electrons. The normalized spacial score (nSPS) is 14.2. The van der Waals surface area contributed by atoms with Gasteiger partial charge in [-0.1, -0.05) is 201 Å². The average molecular weight is 522 g/mol. The lowest BCUT2D eigenvalue weighted by Crippen LogP contribution is -2.35. The van der Waals surface area contributed by atoms with E-state index in [1.54, 1.807) is 0 Å². The number of rotatable bonds is 31. The number of hydrogen-bond acceptors (Lipinski definition) is 1. The molecule has 0 aliphatic rings. The molecule has 0 saturated heterocycles. The molecule has 0 rings (SSSR count). The Kier molecular flexibility index (Phi) is 30.5. The van der Waals surface area contributed by atoms with E-state index in [9.17, 15) is 0 Å². The van der Waals surface area contributed by atoms with Gasteiger partial charge in [0.1, 0.15) is 0 Å². The Morgan fingerprint density at radius 1 is 0.324 bits per heavy atom. The number of hydrogen-bond donors (Lipinski definition) is 1. The Bertz CT molecular complexity index is 405.